The first kappa shape index (κ1) is 16.0. The molecule has 3 nitrogen and oxygen atoms in total. The lowest BCUT2D eigenvalue weighted by atomic mass is 9.95. The van der Waals surface area contributed by atoms with E-state index in [0.717, 1.165) is 11.1 Å². The summed E-state index contributed by atoms with van der Waals surface area (Å²) in [6.45, 7) is 1.96. The van der Waals surface area contributed by atoms with Gasteiger partial charge in [-0.15, -0.1) is 0 Å². The Morgan fingerprint density at radius 1 is 1.00 bits per heavy atom. The summed E-state index contributed by atoms with van der Waals surface area (Å²) in [6.07, 6.45) is 0. The minimum atomic E-state index is -0.439. The molecule has 2 aromatic carbocycles. The van der Waals surface area contributed by atoms with E-state index in [1.54, 1.807) is 32.4 Å². The number of rotatable bonds is 4. The van der Waals surface area contributed by atoms with Crippen molar-refractivity contribution in [2.45, 2.75) is 13.0 Å². The first-order chi connectivity index (χ1) is 9.99. The van der Waals surface area contributed by atoms with Crippen molar-refractivity contribution in [1.29, 1.82) is 0 Å². The van der Waals surface area contributed by atoms with E-state index in [1.807, 2.05) is 19.1 Å². The lowest BCUT2D eigenvalue weighted by molar-refractivity contribution is 0.354. The molecule has 0 aliphatic rings. The minimum absolute atomic E-state index is 0.439. The van der Waals surface area contributed by atoms with Crippen molar-refractivity contribution >= 4 is 23.2 Å². The van der Waals surface area contributed by atoms with Crippen LogP contribution in [0.1, 0.15) is 22.7 Å². The maximum atomic E-state index is 6.37. The summed E-state index contributed by atoms with van der Waals surface area (Å²) < 4.78 is 10.6. The Kier molecular flexibility index (Phi) is 4.99. The van der Waals surface area contributed by atoms with Gasteiger partial charge in [-0.25, -0.2) is 0 Å². The number of halogens is 2. The standard InChI is InChI=1S/C16H17Cl2NO2/c1-9-7-13(20-2)14(21-3)8-10(9)16(19)15-11(17)5-4-6-12(15)18/h4-8,16H,19H2,1-3H3. The lowest BCUT2D eigenvalue weighted by Crippen LogP contribution is -2.15. The number of benzene rings is 2. The predicted octanol–water partition coefficient (Wildman–Crippen LogP) is 4.37. The fourth-order valence-electron chi connectivity index (χ4n) is 2.29. The van der Waals surface area contributed by atoms with Gasteiger partial charge in [-0.05, 0) is 42.3 Å². The first-order valence-electron chi connectivity index (χ1n) is 6.41. The smallest absolute Gasteiger partial charge is 0.161 e. The largest absolute Gasteiger partial charge is 0.493 e. The SMILES string of the molecule is COc1cc(C)c(C(N)c2c(Cl)cccc2Cl)cc1OC. The molecule has 0 saturated heterocycles. The number of nitrogens with two attached hydrogens (primary N) is 1. The molecule has 0 bridgehead atoms. The Morgan fingerprint density at radius 2 is 1.52 bits per heavy atom. The van der Waals surface area contributed by atoms with Crippen molar-refractivity contribution in [1.82, 2.24) is 0 Å². The maximum absolute atomic E-state index is 6.37. The van der Waals surface area contributed by atoms with Gasteiger partial charge in [0.05, 0.1) is 20.3 Å². The molecule has 1 unspecified atom stereocenters. The van der Waals surface area contributed by atoms with Crippen molar-refractivity contribution in [2.75, 3.05) is 14.2 Å². The summed E-state index contributed by atoms with van der Waals surface area (Å²) in [5.41, 5.74) is 8.95. The third kappa shape index (κ3) is 3.10. The summed E-state index contributed by atoms with van der Waals surface area (Å²) in [6, 6.07) is 8.66. The number of aryl methyl sites for hydroxylation is 1. The molecule has 1 atom stereocenters. The van der Waals surface area contributed by atoms with Crippen LogP contribution in [-0.2, 0) is 0 Å². The van der Waals surface area contributed by atoms with Crippen molar-refractivity contribution in [3.63, 3.8) is 0 Å². The van der Waals surface area contributed by atoms with Gasteiger partial charge in [0.2, 0.25) is 0 Å². The van der Waals surface area contributed by atoms with Gasteiger partial charge in [-0.3, -0.25) is 0 Å². The van der Waals surface area contributed by atoms with E-state index < -0.39 is 6.04 Å². The summed E-state index contributed by atoms with van der Waals surface area (Å²) >= 11 is 12.5. The van der Waals surface area contributed by atoms with Crippen LogP contribution in [0.2, 0.25) is 10.0 Å². The van der Waals surface area contributed by atoms with E-state index in [1.165, 1.54) is 0 Å². The average Bonchev–Trinajstić information content (AvgIpc) is 2.46. The molecule has 5 heteroatoms. The molecule has 0 aliphatic carbocycles. The van der Waals surface area contributed by atoms with Gasteiger partial charge >= 0.3 is 0 Å². The second-order valence-electron chi connectivity index (χ2n) is 4.68. The van der Waals surface area contributed by atoms with Gasteiger partial charge < -0.3 is 15.2 Å². The fraction of sp³-hybridized carbons (Fsp3) is 0.250. The number of hydrogen-bond donors (Lipinski definition) is 1. The van der Waals surface area contributed by atoms with Gasteiger partial charge in [0.25, 0.3) is 0 Å². The fourth-order valence-corrected chi connectivity index (χ4v) is 2.93. The Balaban J connectivity index is 2.56. The zero-order valence-corrected chi connectivity index (χ0v) is 13.6. The molecule has 0 amide bonds. The highest BCUT2D eigenvalue weighted by atomic mass is 35.5. The van der Waals surface area contributed by atoms with Crippen molar-refractivity contribution in [2.24, 2.45) is 5.73 Å². The zero-order chi connectivity index (χ0) is 15.6. The predicted molar refractivity (Wildman–Crippen MR) is 86.8 cm³/mol. The monoisotopic (exact) mass is 325 g/mol. The van der Waals surface area contributed by atoms with Crippen LogP contribution in [0.3, 0.4) is 0 Å². The molecular formula is C16H17Cl2NO2. The van der Waals surface area contributed by atoms with Crippen LogP contribution in [0.5, 0.6) is 11.5 Å². The Labute approximate surface area is 134 Å². The summed E-state index contributed by atoms with van der Waals surface area (Å²) in [5.74, 6) is 1.29. The third-order valence-electron chi connectivity index (χ3n) is 3.42. The molecule has 0 saturated carbocycles. The van der Waals surface area contributed by atoms with E-state index in [9.17, 15) is 0 Å². The van der Waals surface area contributed by atoms with Crippen molar-refractivity contribution in [3.05, 3.63) is 57.1 Å². The van der Waals surface area contributed by atoms with Crippen LogP contribution in [0.4, 0.5) is 0 Å². The van der Waals surface area contributed by atoms with Gasteiger partial charge in [0.15, 0.2) is 11.5 Å². The average molecular weight is 326 g/mol. The van der Waals surface area contributed by atoms with Crippen LogP contribution in [-0.4, -0.2) is 14.2 Å². The van der Waals surface area contributed by atoms with E-state index in [4.69, 9.17) is 38.4 Å². The molecule has 0 heterocycles. The minimum Gasteiger partial charge on any atom is -0.493 e. The lowest BCUT2D eigenvalue weighted by Gasteiger charge is -2.20. The second kappa shape index (κ2) is 6.56. The highest BCUT2D eigenvalue weighted by Crippen LogP contribution is 2.38. The second-order valence-corrected chi connectivity index (χ2v) is 5.49. The number of methoxy groups -OCH3 is 2. The number of hydrogen-bond acceptors (Lipinski definition) is 3. The number of ether oxygens (including phenoxy) is 2. The van der Waals surface area contributed by atoms with E-state index in [2.05, 4.69) is 0 Å². The van der Waals surface area contributed by atoms with E-state index in [-0.39, 0.29) is 0 Å². The topological polar surface area (TPSA) is 44.5 Å². The summed E-state index contributed by atoms with van der Waals surface area (Å²) in [5, 5.41) is 1.09. The van der Waals surface area contributed by atoms with Crippen LogP contribution in [0.25, 0.3) is 0 Å². The molecule has 0 fully saturated rings. The molecule has 2 N–H and O–H groups in total. The molecule has 2 aromatic rings. The van der Waals surface area contributed by atoms with Gasteiger partial charge in [0.1, 0.15) is 0 Å². The Bertz CT molecular complexity index is 639. The van der Waals surface area contributed by atoms with Crippen LogP contribution in [0.15, 0.2) is 30.3 Å². The van der Waals surface area contributed by atoms with Crippen molar-refractivity contribution in [3.8, 4) is 11.5 Å². The van der Waals surface area contributed by atoms with Crippen molar-refractivity contribution < 1.29 is 9.47 Å². The molecule has 0 aliphatic heterocycles. The molecule has 21 heavy (non-hydrogen) atoms. The van der Waals surface area contributed by atoms with Crippen LogP contribution >= 0.6 is 23.2 Å². The highest BCUT2D eigenvalue weighted by Gasteiger charge is 2.20. The van der Waals surface area contributed by atoms with Crippen LogP contribution < -0.4 is 15.2 Å². The first-order valence-corrected chi connectivity index (χ1v) is 7.17. The Hall–Kier alpha value is -1.42. The van der Waals surface area contributed by atoms with E-state index in [0.29, 0.717) is 27.1 Å². The van der Waals surface area contributed by atoms with Crippen LogP contribution in [0, 0.1) is 6.92 Å². The molecule has 0 radical (unpaired) electrons. The van der Waals surface area contributed by atoms with E-state index >= 15 is 0 Å². The maximum Gasteiger partial charge on any atom is 0.161 e. The van der Waals surface area contributed by atoms with Gasteiger partial charge in [-0.2, -0.15) is 0 Å². The summed E-state index contributed by atoms with van der Waals surface area (Å²) in [7, 11) is 3.19. The quantitative estimate of drug-likeness (QED) is 0.907. The third-order valence-corrected chi connectivity index (χ3v) is 4.08. The molecule has 0 aromatic heterocycles. The van der Waals surface area contributed by atoms with Gasteiger partial charge in [0, 0.05) is 15.6 Å². The summed E-state index contributed by atoms with van der Waals surface area (Å²) in [4.78, 5) is 0. The highest BCUT2D eigenvalue weighted by molar-refractivity contribution is 6.36. The molecule has 2 rings (SSSR count). The Morgan fingerprint density at radius 3 is 2.05 bits per heavy atom. The molecular weight excluding hydrogens is 309 g/mol. The molecule has 0 spiro atoms. The van der Waals surface area contributed by atoms with Gasteiger partial charge in [-0.1, -0.05) is 29.3 Å². The zero-order valence-electron chi connectivity index (χ0n) is 12.1. The molecule has 112 valence electrons. The normalized spacial score (nSPS) is 12.1.